The summed E-state index contributed by atoms with van der Waals surface area (Å²) in [6.07, 6.45) is 0.00897. The number of nitrogens with zero attached hydrogens (tertiary/aromatic N) is 1. The molecular formula is C17H24N4O3. The number of anilines is 1. The molecule has 0 aliphatic heterocycles. The van der Waals surface area contributed by atoms with Gasteiger partial charge in [0.15, 0.2) is 0 Å². The van der Waals surface area contributed by atoms with E-state index >= 15 is 0 Å². The summed E-state index contributed by atoms with van der Waals surface area (Å²) >= 11 is 0. The summed E-state index contributed by atoms with van der Waals surface area (Å²) in [6.45, 7) is 8.85. The second-order valence-electron chi connectivity index (χ2n) is 6.58. The summed E-state index contributed by atoms with van der Waals surface area (Å²) in [5.41, 5.74) is 3.80. The van der Waals surface area contributed by atoms with Crippen molar-refractivity contribution in [1.29, 1.82) is 0 Å². The zero-order valence-corrected chi connectivity index (χ0v) is 14.7. The largest absolute Gasteiger partial charge is 0.343 e. The van der Waals surface area contributed by atoms with Crippen molar-refractivity contribution < 1.29 is 14.4 Å². The Labute approximate surface area is 141 Å². The van der Waals surface area contributed by atoms with E-state index in [0.717, 1.165) is 5.56 Å². The van der Waals surface area contributed by atoms with E-state index in [-0.39, 0.29) is 12.3 Å². The first-order valence-electron chi connectivity index (χ1n) is 7.59. The maximum absolute atomic E-state index is 11.9. The zero-order chi connectivity index (χ0) is 18.3. The quantitative estimate of drug-likeness (QED) is 0.445. The molecule has 0 aliphatic carbocycles. The Balaban J connectivity index is 2.48. The van der Waals surface area contributed by atoms with Gasteiger partial charge in [0, 0.05) is 16.9 Å². The van der Waals surface area contributed by atoms with Gasteiger partial charge in [0.1, 0.15) is 0 Å². The van der Waals surface area contributed by atoms with Crippen molar-refractivity contribution >= 4 is 29.1 Å². The van der Waals surface area contributed by atoms with Gasteiger partial charge in [0.05, 0.1) is 6.42 Å². The second kappa shape index (κ2) is 8.24. The number of hydrazone groups is 1. The van der Waals surface area contributed by atoms with Crippen LogP contribution in [0.2, 0.25) is 0 Å². The van der Waals surface area contributed by atoms with Crippen LogP contribution in [0.4, 0.5) is 5.69 Å². The zero-order valence-electron chi connectivity index (χ0n) is 14.7. The van der Waals surface area contributed by atoms with Crippen LogP contribution in [0.15, 0.2) is 29.4 Å². The van der Waals surface area contributed by atoms with Gasteiger partial charge in [-0.05, 0) is 46.8 Å². The molecule has 0 radical (unpaired) electrons. The molecule has 3 amide bonds. The van der Waals surface area contributed by atoms with E-state index in [1.807, 2.05) is 19.1 Å². The molecule has 0 saturated carbocycles. The van der Waals surface area contributed by atoms with Gasteiger partial charge in [-0.15, -0.1) is 0 Å². The van der Waals surface area contributed by atoms with Gasteiger partial charge in [-0.25, -0.2) is 5.43 Å². The van der Waals surface area contributed by atoms with Crippen LogP contribution in [0.5, 0.6) is 0 Å². The Hall–Kier alpha value is -2.70. The van der Waals surface area contributed by atoms with Gasteiger partial charge in [0.2, 0.25) is 5.91 Å². The molecule has 0 atom stereocenters. The van der Waals surface area contributed by atoms with Crippen molar-refractivity contribution in [2.45, 2.75) is 46.6 Å². The SMILES string of the molecule is CC(CC(=O)Nc1ccc(C)cc1)=NNC(=O)C(=O)NC(C)(C)C. The minimum absolute atomic E-state index is 0.00897. The van der Waals surface area contributed by atoms with Gasteiger partial charge in [-0.2, -0.15) is 5.10 Å². The molecular weight excluding hydrogens is 308 g/mol. The van der Waals surface area contributed by atoms with Gasteiger partial charge < -0.3 is 10.6 Å². The molecule has 1 aromatic rings. The molecule has 0 heterocycles. The second-order valence-corrected chi connectivity index (χ2v) is 6.58. The van der Waals surface area contributed by atoms with E-state index in [0.29, 0.717) is 11.4 Å². The van der Waals surface area contributed by atoms with Crippen LogP contribution in [0, 0.1) is 6.92 Å². The number of hydrogen-bond acceptors (Lipinski definition) is 4. The Morgan fingerprint density at radius 1 is 1.04 bits per heavy atom. The highest BCUT2D eigenvalue weighted by molar-refractivity contribution is 6.35. The fourth-order valence-corrected chi connectivity index (χ4v) is 1.71. The van der Waals surface area contributed by atoms with E-state index in [4.69, 9.17) is 0 Å². The molecule has 3 N–H and O–H groups in total. The van der Waals surface area contributed by atoms with Crippen molar-refractivity contribution in [3.05, 3.63) is 29.8 Å². The summed E-state index contributed by atoms with van der Waals surface area (Å²) in [4.78, 5) is 35.1. The van der Waals surface area contributed by atoms with Crippen molar-refractivity contribution in [2.75, 3.05) is 5.32 Å². The first kappa shape index (κ1) is 19.3. The highest BCUT2D eigenvalue weighted by atomic mass is 16.2. The van der Waals surface area contributed by atoms with Crippen LogP contribution in [0.25, 0.3) is 0 Å². The highest BCUT2D eigenvalue weighted by Gasteiger charge is 2.19. The lowest BCUT2D eigenvalue weighted by Crippen LogP contribution is -2.47. The number of carbonyl (C=O) groups is 3. The molecule has 1 aromatic carbocycles. The van der Waals surface area contributed by atoms with E-state index in [9.17, 15) is 14.4 Å². The van der Waals surface area contributed by atoms with E-state index in [1.54, 1.807) is 39.8 Å². The highest BCUT2D eigenvalue weighted by Crippen LogP contribution is 2.08. The van der Waals surface area contributed by atoms with Crippen molar-refractivity contribution in [3.63, 3.8) is 0 Å². The van der Waals surface area contributed by atoms with Crippen LogP contribution in [0.3, 0.4) is 0 Å². The number of aryl methyl sites for hydroxylation is 1. The lowest BCUT2D eigenvalue weighted by atomic mass is 10.1. The summed E-state index contributed by atoms with van der Waals surface area (Å²) in [6, 6.07) is 7.39. The predicted octanol–water partition coefficient (Wildman–Crippen LogP) is 1.73. The lowest BCUT2D eigenvalue weighted by molar-refractivity contribution is -0.140. The summed E-state index contributed by atoms with van der Waals surface area (Å²) in [5.74, 6) is -1.90. The van der Waals surface area contributed by atoms with Gasteiger partial charge in [-0.1, -0.05) is 17.7 Å². The first-order chi connectivity index (χ1) is 11.1. The van der Waals surface area contributed by atoms with Crippen LogP contribution in [0.1, 0.15) is 39.7 Å². The maximum Gasteiger partial charge on any atom is 0.329 e. The third-order valence-electron chi connectivity index (χ3n) is 2.79. The third-order valence-corrected chi connectivity index (χ3v) is 2.79. The van der Waals surface area contributed by atoms with Crippen LogP contribution >= 0.6 is 0 Å². The van der Waals surface area contributed by atoms with Crippen LogP contribution < -0.4 is 16.1 Å². The fraction of sp³-hybridized carbons (Fsp3) is 0.412. The van der Waals surface area contributed by atoms with Gasteiger partial charge in [0.25, 0.3) is 0 Å². The molecule has 0 saturated heterocycles. The number of carbonyl (C=O) groups excluding carboxylic acids is 3. The molecule has 0 fully saturated rings. The van der Waals surface area contributed by atoms with Crippen molar-refractivity contribution in [3.8, 4) is 0 Å². The molecule has 0 aliphatic rings. The number of benzene rings is 1. The Morgan fingerprint density at radius 2 is 1.62 bits per heavy atom. The third kappa shape index (κ3) is 7.53. The topological polar surface area (TPSA) is 99.7 Å². The van der Waals surface area contributed by atoms with Crippen molar-refractivity contribution in [2.24, 2.45) is 5.10 Å². The average Bonchev–Trinajstić information content (AvgIpc) is 2.45. The van der Waals surface area contributed by atoms with E-state index in [2.05, 4.69) is 21.2 Å². The molecule has 0 aromatic heterocycles. The normalized spacial score (nSPS) is 11.6. The van der Waals surface area contributed by atoms with Gasteiger partial charge >= 0.3 is 11.8 Å². The Morgan fingerprint density at radius 3 is 2.17 bits per heavy atom. The predicted molar refractivity (Wildman–Crippen MR) is 93.6 cm³/mol. The first-order valence-corrected chi connectivity index (χ1v) is 7.59. The lowest BCUT2D eigenvalue weighted by Gasteiger charge is -2.19. The van der Waals surface area contributed by atoms with Crippen molar-refractivity contribution in [1.82, 2.24) is 10.7 Å². The molecule has 7 heteroatoms. The Kier molecular flexibility index (Phi) is 6.64. The maximum atomic E-state index is 11.9. The molecule has 0 bridgehead atoms. The molecule has 0 spiro atoms. The van der Waals surface area contributed by atoms with Crippen LogP contribution in [-0.2, 0) is 14.4 Å². The molecule has 130 valence electrons. The Bertz CT molecular complexity index is 643. The van der Waals surface area contributed by atoms with E-state index in [1.165, 1.54) is 0 Å². The number of rotatable bonds is 4. The summed E-state index contributed by atoms with van der Waals surface area (Å²) < 4.78 is 0. The number of nitrogens with one attached hydrogen (secondary N) is 3. The molecule has 7 nitrogen and oxygen atoms in total. The molecule has 24 heavy (non-hydrogen) atoms. The summed E-state index contributed by atoms with van der Waals surface area (Å²) in [7, 11) is 0. The minimum Gasteiger partial charge on any atom is -0.343 e. The fourth-order valence-electron chi connectivity index (χ4n) is 1.71. The number of hydrogen-bond donors (Lipinski definition) is 3. The molecule has 0 unspecified atom stereocenters. The van der Waals surface area contributed by atoms with Gasteiger partial charge in [-0.3, -0.25) is 14.4 Å². The standard InChI is InChI=1S/C17H24N4O3/c1-11-6-8-13(9-7-11)18-14(22)10-12(2)20-21-16(24)15(23)19-17(3,4)5/h6-9H,10H2,1-5H3,(H,18,22)(H,19,23)(H,21,24). The van der Waals surface area contributed by atoms with Crippen LogP contribution in [-0.4, -0.2) is 29.0 Å². The number of amides is 3. The minimum atomic E-state index is -0.872. The smallest absolute Gasteiger partial charge is 0.329 e. The molecule has 1 rings (SSSR count). The van der Waals surface area contributed by atoms with E-state index < -0.39 is 17.4 Å². The monoisotopic (exact) mass is 332 g/mol. The summed E-state index contributed by atoms with van der Waals surface area (Å²) in [5, 5.41) is 9.02. The average molecular weight is 332 g/mol.